The van der Waals surface area contributed by atoms with Crippen LogP contribution < -0.4 is 22.2 Å². The van der Waals surface area contributed by atoms with E-state index in [4.69, 9.17) is 10.7 Å². The van der Waals surface area contributed by atoms with Gasteiger partial charge in [0.1, 0.15) is 16.8 Å². The van der Waals surface area contributed by atoms with Gasteiger partial charge in [-0.25, -0.2) is 19.9 Å². The summed E-state index contributed by atoms with van der Waals surface area (Å²) < 4.78 is 3.47. The highest BCUT2D eigenvalue weighted by atomic mass is 32.2. The summed E-state index contributed by atoms with van der Waals surface area (Å²) in [6, 6.07) is 12.6. The van der Waals surface area contributed by atoms with Crippen LogP contribution in [0.5, 0.6) is 0 Å². The normalized spacial score (nSPS) is 17.4. The number of nitrogens with zero attached hydrogens (tertiary/aromatic N) is 9. The first kappa shape index (κ1) is 37.9. The maximum atomic E-state index is 12.4. The van der Waals surface area contributed by atoms with Crippen LogP contribution in [0.25, 0.3) is 22.3 Å². The van der Waals surface area contributed by atoms with Gasteiger partial charge in [0, 0.05) is 61.1 Å². The van der Waals surface area contributed by atoms with Gasteiger partial charge in [0.2, 0.25) is 0 Å². The van der Waals surface area contributed by atoms with Crippen molar-refractivity contribution in [3.8, 4) is 0 Å². The summed E-state index contributed by atoms with van der Waals surface area (Å²) in [5.74, 6) is 0.818. The van der Waals surface area contributed by atoms with Crippen LogP contribution in [0.3, 0.4) is 0 Å². The number of rotatable bonds is 9. The molecule has 284 valence electrons. The predicted octanol–water partition coefficient (Wildman–Crippen LogP) is 2.49. The van der Waals surface area contributed by atoms with Gasteiger partial charge in [0.05, 0.1) is 36.0 Å². The fourth-order valence-corrected chi connectivity index (χ4v) is 8.12. The maximum absolute atomic E-state index is 12.4. The van der Waals surface area contributed by atoms with Crippen molar-refractivity contribution in [2.45, 2.75) is 82.6 Å². The van der Waals surface area contributed by atoms with Crippen LogP contribution in [0.2, 0.25) is 0 Å². The number of aromatic nitrogens is 7. The van der Waals surface area contributed by atoms with Crippen LogP contribution >= 0.6 is 11.8 Å². The SMILES string of the molecule is Cc1ccc2ncc(=O)n(CCN3CCC(N)CC3)c2n1.Cc1ccc2ncc(=O)n(CCN3CCC(NCc4ccc5c(n4)CC(=O)CS5)CC3)c2n1. The van der Waals surface area contributed by atoms with Crippen molar-refractivity contribution in [2.24, 2.45) is 5.73 Å². The van der Waals surface area contributed by atoms with Crippen molar-refractivity contribution in [1.82, 2.24) is 49.2 Å². The molecule has 54 heavy (non-hydrogen) atoms. The van der Waals surface area contributed by atoms with Crippen LogP contribution in [-0.4, -0.2) is 107 Å². The number of hydrogen-bond donors (Lipinski definition) is 2. The van der Waals surface area contributed by atoms with E-state index in [0.29, 0.717) is 48.6 Å². The smallest absolute Gasteiger partial charge is 0.270 e. The van der Waals surface area contributed by atoms with Gasteiger partial charge >= 0.3 is 0 Å². The minimum atomic E-state index is -0.102. The van der Waals surface area contributed by atoms with Gasteiger partial charge < -0.3 is 20.9 Å². The number of likely N-dealkylation sites (tertiary alicyclic amines) is 2. The zero-order chi connectivity index (χ0) is 37.6. The highest BCUT2D eigenvalue weighted by molar-refractivity contribution is 8.00. The number of carbonyl (C=O) groups is 1. The number of carbonyl (C=O) groups excluding carboxylic acids is 1. The number of nitrogens with two attached hydrogens (primary N) is 1. The molecule has 0 atom stereocenters. The van der Waals surface area contributed by atoms with Crippen LogP contribution in [0.15, 0.2) is 63.3 Å². The Kier molecular flexibility index (Phi) is 12.2. The molecule has 15 heteroatoms. The van der Waals surface area contributed by atoms with E-state index < -0.39 is 0 Å². The van der Waals surface area contributed by atoms with Crippen molar-refractivity contribution >= 4 is 39.9 Å². The number of aryl methyl sites for hydroxylation is 2. The average Bonchev–Trinajstić information content (AvgIpc) is 3.17. The van der Waals surface area contributed by atoms with E-state index in [9.17, 15) is 14.4 Å². The number of pyridine rings is 3. The van der Waals surface area contributed by atoms with Gasteiger partial charge in [-0.15, -0.1) is 11.8 Å². The molecule has 0 aliphatic carbocycles. The molecule has 0 spiro atoms. The lowest BCUT2D eigenvalue weighted by Gasteiger charge is -2.32. The Bertz CT molecular complexity index is 2230. The molecule has 0 bridgehead atoms. The Balaban J connectivity index is 0.000000184. The lowest BCUT2D eigenvalue weighted by Crippen LogP contribution is -2.43. The molecular formula is C39H49N11O3S. The van der Waals surface area contributed by atoms with Crippen molar-refractivity contribution in [2.75, 3.05) is 45.0 Å². The first-order valence-corrected chi connectivity index (χ1v) is 19.9. The standard InChI is InChI=1S/C24H28N6O2S.C15H21N5O/c1-16-2-4-20-24(27-16)30(23(32)14-26-20)11-10-29-8-6-17(7-9-29)25-13-18-3-5-22-21(28-18)12-19(31)15-33-22;1-11-2-3-13-15(18-11)20(14(21)10-17-13)9-8-19-6-4-12(16)5-7-19/h2-5,14,17,25H,6-13,15H2,1H3;2-3,10,12H,4-9,16H2,1H3. The first-order chi connectivity index (χ1) is 26.2. The van der Waals surface area contributed by atoms with Gasteiger partial charge in [-0.2, -0.15) is 0 Å². The Labute approximate surface area is 318 Å². The summed E-state index contributed by atoms with van der Waals surface area (Å²) in [6.07, 6.45) is 7.40. The van der Waals surface area contributed by atoms with Gasteiger partial charge in [-0.1, -0.05) is 0 Å². The van der Waals surface area contributed by atoms with Crippen molar-refractivity contribution in [1.29, 1.82) is 0 Å². The minimum absolute atomic E-state index is 0.0886. The summed E-state index contributed by atoms with van der Waals surface area (Å²) in [7, 11) is 0. The van der Waals surface area contributed by atoms with E-state index in [-0.39, 0.29) is 16.9 Å². The molecule has 2 fully saturated rings. The molecule has 5 aromatic rings. The number of nitrogens with one attached hydrogen (secondary N) is 1. The number of hydrogen-bond acceptors (Lipinski definition) is 13. The predicted molar refractivity (Wildman–Crippen MR) is 211 cm³/mol. The lowest BCUT2D eigenvalue weighted by atomic mass is 10.0. The summed E-state index contributed by atoms with van der Waals surface area (Å²) in [4.78, 5) is 64.2. The topological polar surface area (TPSA) is 170 Å². The Hall–Kier alpha value is -4.41. The van der Waals surface area contributed by atoms with E-state index >= 15 is 0 Å². The number of Topliss-reactive ketones (excluding diaryl/α,β-unsaturated/α-hetero) is 1. The third kappa shape index (κ3) is 9.44. The van der Waals surface area contributed by atoms with Crippen LogP contribution in [0.1, 0.15) is 48.5 Å². The molecule has 8 rings (SSSR count). The number of ketones is 1. The van der Waals surface area contributed by atoms with Crippen molar-refractivity contribution < 1.29 is 4.79 Å². The third-order valence-corrected chi connectivity index (χ3v) is 11.6. The Morgan fingerprint density at radius 2 is 1.28 bits per heavy atom. The summed E-state index contributed by atoms with van der Waals surface area (Å²) in [6.45, 7) is 11.5. The second-order valence-corrected chi connectivity index (χ2v) is 15.5. The zero-order valence-electron chi connectivity index (χ0n) is 31.1. The van der Waals surface area contributed by atoms with Crippen LogP contribution in [0, 0.1) is 13.8 Å². The Morgan fingerprint density at radius 3 is 1.85 bits per heavy atom. The molecular weight excluding hydrogens is 703 g/mol. The highest BCUT2D eigenvalue weighted by Crippen LogP contribution is 2.27. The second-order valence-electron chi connectivity index (χ2n) is 14.5. The molecule has 5 aromatic heterocycles. The molecule has 3 aliphatic heterocycles. The van der Waals surface area contributed by atoms with Gasteiger partial charge in [-0.05, 0) is 102 Å². The molecule has 14 nitrogen and oxygen atoms in total. The lowest BCUT2D eigenvalue weighted by molar-refractivity contribution is -0.116. The monoisotopic (exact) mass is 751 g/mol. The quantitative estimate of drug-likeness (QED) is 0.226. The fraction of sp³-hybridized carbons (Fsp3) is 0.487. The average molecular weight is 752 g/mol. The van der Waals surface area contributed by atoms with Crippen molar-refractivity contribution in [3.63, 3.8) is 0 Å². The highest BCUT2D eigenvalue weighted by Gasteiger charge is 2.21. The number of piperidine rings is 2. The van der Waals surface area contributed by atoms with E-state index in [2.05, 4.69) is 47.2 Å². The number of fused-ring (bicyclic) bond motifs is 3. The third-order valence-electron chi connectivity index (χ3n) is 10.5. The van der Waals surface area contributed by atoms with Gasteiger partial charge in [0.15, 0.2) is 11.3 Å². The number of thioether (sulfide) groups is 1. The largest absolute Gasteiger partial charge is 0.328 e. The van der Waals surface area contributed by atoms with Gasteiger partial charge in [-0.3, -0.25) is 28.5 Å². The maximum Gasteiger partial charge on any atom is 0.270 e. The zero-order valence-corrected chi connectivity index (χ0v) is 31.9. The summed E-state index contributed by atoms with van der Waals surface area (Å²) >= 11 is 1.59. The van der Waals surface area contributed by atoms with E-state index in [0.717, 1.165) is 110 Å². The molecule has 0 aromatic carbocycles. The molecule has 0 saturated carbocycles. The van der Waals surface area contributed by atoms with E-state index in [1.807, 2.05) is 38.1 Å². The molecule has 0 unspecified atom stereocenters. The molecule has 2 saturated heterocycles. The first-order valence-electron chi connectivity index (χ1n) is 18.9. The minimum Gasteiger partial charge on any atom is -0.328 e. The molecule has 3 aliphatic rings. The molecule has 0 radical (unpaired) electrons. The molecule has 3 N–H and O–H groups in total. The van der Waals surface area contributed by atoms with Crippen LogP contribution in [0.4, 0.5) is 0 Å². The second kappa shape index (κ2) is 17.4. The van der Waals surface area contributed by atoms with E-state index in [1.54, 1.807) is 20.9 Å². The summed E-state index contributed by atoms with van der Waals surface area (Å²) in [5.41, 5.74) is 12.3. The molecule has 0 amide bonds. The van der Waals surface area contributed by atoms with Gasteiger partial charge in [0.25, 0.3) is 11.1 Å². The Morgan fingerprint density at radius 1 is 0.722 bits per heavy atom. The summed E-state index contributed by atoms with van der Waals surface area (Å²) in [5, 5.41) is 3.64. The molecule has 8 heterocycles. The van der Waals surface area contributed by atoms with Crippen LogP contribution in [-0.2, 0) is 30.8 Å². The van der Waals surface area contributed by atoms with E-state index in [1.165, 1.54) is 12.4 Å². The van der Waals surface area contributed by atoms with Crippen molar-refractivity contribution in [3.05, 3.63) is 92.3 Å². The fourth-order valence-electron chi connectivity index (χ4n) is 7.26.